The zero-order valence-corrected chi connectivity index (χ0v) is 20.7. The van der Waals surface area contributed by atoms with Crippen LogP contribution < -0.4 is 10.1 Å². The van der Waals surface area contributed by atoms with Gasteiger partial charge in [-0.1, -0.05) is 24.3 Å². The number of benzene rings is 3. The lowest BCUT2D eigenvalue weighted by Gasteiger charge is -2.12. The van der Waals surface area contributed by atoms with Gasteiger partial charge < -0.3 is 19.5 Å². The summed E-state index contributed by atoms with van der Waals surface area (Å²) in [4.78, 5) is 6.59. The van der Waals surface area contributed by atoms with Crippen LogP contribution in [-0.4, -0.2) is 42.2 Å². The van der Waals surface area contributed by atoms with Crippen molar-refractivity contribution < 1.29 is 4.74 Å². The van der Waals surface area contributed by atoms with Crippen LogP contribution in [0, 0.1) is 0 Å². The van der Waals surface area contributed by atoms with Crippen molar-refractivity contribution in [3.63, 3.8) is 0 Å². The second kappa shape index (κ2) is 9.87. The van der Waals surface area contributed by atoms with Crippen molar-refractivity contribution >= 4 is 38.3 Å². The molecule has 5 nitrogen and oxygen atoms in total. The third-order valence-corrected chi connectivity index (χ3v) is 6.95. The quantitative estimate of drug-likeness (QED) is 0.267. The maximum absolute atomic E-state index is 5.34. The molecule has 1 N–H and O–H groups in total. The van der Waals surface area contributed by atoms with E-state index < -0.39 is 0 Å². The van der Waals surface area contributed by atoms with E-state index in [2.05, 4.69) is 82.4 Å². The molecule has 0 spiro atoms. The van der Waals surface area contributed by atoms with Gasteiger partial charge in [0.15, 0.2) is 5.13 Å². The van der Waals surface area contributed by atoms with Crippen LogP contribution in [0.4, 0.5) is 5.13 Å². The van der Waals surface area contributed by atoms with Gasteiger partial charge in [0.1, 0.15) is 5.75 Å². The van der Waals surface area contributed by atoms with Gasteiger partial charge in [0.2, 0.25) is 0 Å². The minimum absolute atomic E-state index is 0.759. The number of aryl methyl sites for hydroxylation is 1. The van der Waals surface area contributed by atoms with Gasteiger partial charge in [-0.3, -0.25) is 0 Å². The molecule has 0 atom stereocenters. The Morgan fingerprint density at radius 2 is 1.68 bits per heavy atom. The van der Waals surface area contributed by atoms with Crippen LogP contribution in [0.2, 0.25) is 0 Å². The molecule has 0 amide bonds. The van der Waals surface area contributed by atoms with Crippen molar-refractivity contribution in [1.82, 2.24) is 14.5 Å². The Labute approximate surface area is 204 Å². The van der Waals surface area contributed by atoms with Gasteiger partial charge in [-0.15, -0.1) is 11.3 Å². The van der Waals surface area contributed by atoms with E-state index in [9.17, 15) is 0 Å². The Morgan fingerprint density at radius 1 is 0.941 bits per heavy atom. The lowest BCUT2D eigenvalue weighted by molar-refractivity contribution is 0.389. The van der Waals surface area contributed by atoms with Crippen molar-refractivity contribution in [2.24, 2.45) is 0 Å². The number of hydrogen-bond donors (Lipinski definition) is 1. The van der Waals surface area contributed by atoms with Gasteiger partial charge in [-0.2, -0.15) is 0 Å². The average molecular weight is 471 g/mol. The van der Waals surface area contributed by atoms with Crippen molar-refractivity contribution in [1.29, 1.82) is 0 Å². The monoisotopic (exact) mass is 470 g/mol. The van der Waals surface area contributed by atoms with Crippen molar-refractivity contribution in [3.8, 4) is 16.9 Å². The van der Waals surface area contributed by atoms with Crippen LogP contribution in [0.1, 0.15) is 12.0 Å². The van der Waals surface area contributed by atoms with Gasteiger partial charge in [0.05, 0.1) is 7.11 Å². The van der Waals surface area contributed by atoms with Gasteiger partial charge in [0, 0.05) is 46.5 Å². The Kier molecular flexibility index (Phi) is 6.52. The fourth-order valence-electron chi connectivity index (χ4n) is 4.50. The standard InChI is InChI=1S/C28H30N4OS/c1-31(2)14-4-15-32-26-11-5-20(19-30-28-29-13-16-34-28)17-24(26)25-18-22(8-12-27(25)32)21-6-9-23(33-3)10-7-21/h5-13,16-18H,4,14-15,19H2,1-3H3,(H,29,30). The number of nitrogens with zero attached hydrogens (tertiary/aromatic N) is 3. The molecule has 0 saturated carbocycles. The third-order valence-electron chi connectivity index (χ3n) is 6.22. The minimum atomic E-state index is 0.759. The van der Waals surface area contributed by atoms with E-state index in [4.69, 9.17) is 4.74 Å². The number of aromatic nitrogens is 2. The van der Waals surface area contributed by atoms with E-state index >= 15 is 0 Å². The van der Waals surface area contributed by atoms with E-state index in [1.54, 1.807) is 18.4 Å². The van der Waals surface area contributed by atoms with E-state index in [-0.39, 0.29) is 0 Å². The van der Waals surface area contributed by atoms with Gasteiger partial charge >= 0.3 is 0 Å². The lowest BCUT2D eigenvalue weighted by atomic mass is 10.0. The molecule has 5 aromatic rings. The number of anilines is 1. The summed E-state index contributed by atoms with van der Waals surface area (Å²) in [5.74, 6) is 0.875. The molecule has 34 heavy (non-hydrogen) atoms. The second-order valence-corrected chi connectivity index (χ2v) is 9.71. The number of ether oxygens (including phenoxy) is 1. The van der Waals surface area contributed by atoms with Crippen LogP contribution in [0.25, 0.3) is 32.9 Å². The first-order valence-corrected chi connectivity index (χ1v) is 12.5. The molecule has 0 aliphatic rings. The van der Waals surface area contributed by atoms with E-state index in [1.807, 2.05) is 23.7 Å². The van der Waals surface area contributed by atoms with Crippen LogP contribution >= 0.6 is 11.3 Å². The molecule has 174 valence electrons. The molecule has 5 rings (SSSR count). The maximum Gasteiger partial charge on any atom is 0.182 e. The first-order chi connectivity index (χ1) is 16.6. The highest BCUT2D eigenvalue weighted by Gasteiger charge is 2.13. The number of nitrogens with one attached hydrogen (secondary N) is 1. The van der Waals surface area contributed by atoms with Crippen LogP contribution in [0.3, 0.4) is 0 Å². The highest BCUT2D eigenvalue weighted by Crippen LogP contribution is 2.34. The van der Waals surface area contributed by atoms with Gasteiger partial charge in [-0.25, -0.2) is 4.98 Å². The minimum Gasteiger partial charge on any atom is -0.497 e. The smallest absolute Gasteiger partial charge is 0.182 e. The summed E-state index contributed by atoms with van der Waals surface area (Å²) in [6.07, 6.45) is 2.94. The Bertz CT molecular complexity index is 1390. The first-order valence-electron chi connectivity index (χ1n) is 11.6. The lowest BCUT2D eigenvalue weighted by Crippen LogP contribution is -2.15. The van der Waals surface area contributed by atoms with Crippen molar-refractivity contribution in [2.45, 2.75) is 19.5 Å². The highest BCUT2D eigenvalue weighted by atomic mass is 32.1. The number of methoxy groups -OCH3 is 1. The van der Waals surface area contributed by atoms with Gasteiger partial charge in [0.25, 0.3) is 0 Å². The molecule has 0 unspecified atom stereocenters. The zero-order valence-electron chi connectivity index (χ0n) is 19.9. The molecule has 0 aliphatic carbocycles. The summed E-state index contributed by atoms with van der Waals surface area (Å²) in [7, 11) is 5.97. The zero-order chi connectivity index (χ0) is 23.5. The summed E-state index contributed by atoms with van der Waals surface area (Å²) in [5, 5.41) is 8.98. The summed E-state index contributed by atoms with van der Waals surface area (Å²) >= 11 is 1.63. The molecular weight excluding hydrogens is 440 g/mol. The van der Waals surface area contributed by atoms with Crippen LogP contribution in [-0.2, 0) is 13.1 Å². The topological polar surface area (TPSA) is 42.3 Å². The van der Waals surface area contributed by atoms with Crippen LogP contribution in [0.15, 0.2) is 72.2 Å². The Balaban J connectivity index is 1.56. The predicted octanol–water partition coefficient (Wildman–Crippen LogP) is 6.49. The molecule has 3 aromatic carbocycles. The second-order valence-electron chi connectivity index (χ2n) is 8.81. The molecular formula is C28H30N4OS. The molecule has 0 radical (unpaired) electrons. The average Bonchev–Trinajstić information content (AvgIpc) is 3.49. The predicted molar refractivity (Wildman–Crippen MR) is 144 cm³/mol. The first kappa shape index (κ1) is 22.4. The van der Waals surface area contributed by atoms with E-state index in [0.717, 1.165) is 36.9 Å². The largest absolute Gasteiger partial charge is 0.497 e. The summed E-state index contributed by atoms with van der Waals surface area (Å²) in [6.45, 7) is 2.83. The molecule has 0 saturated heterocycles. The highest BCUT2D eigenvalue weighted by molar-refractivity contribution is 7.13. The van der Waals surface area contributed by atoms with Crippen LogP contribution in [0.5, 0.6) is 5.75 Å². The summed E-state index contributed by atoms with van der Waals surface area (Å²) in [6, 6.07) is 22.0. The van der Waals surface area contributed by atoms with E-state index in [0.29, 0.717) is 0 Å². The summed E-state index contributed by atoms with van der Waals surface area (Å²) < 4.78 is 7.81. The number of rotatable bonds is 9. The van der Waals surface area contributed by atoms with Gasteiger partial charge in [-0.05, 0) is 80.1 Å². The number of hydrogen-bond acceptors (Lipinski definition) is 5. The Hall–Kier alpha value is -3.35. The number of thiazole rings is 1. The molecule has 6 heteroatoms. The molecule has 0 fully saturated rings. The molecule has 0 aliphatic heterocycles. The fourth-order valence-corrected chi connectivity index (χ4v) is 5.03. The molecule has 2 aromatic heterocycles. The normalized spacial score (nSPS) is 11.5. The SMILES string of the molecule is COc1ccc(-c2ccc3c(c2)c2cc(CNc4nccs4)ccc2n3CCCN(C)C)cc1. The third kappa shape index (κ3) is 4.65. The number of fused-ring (bicyclic) bond motifs is 3. The van der Waals surface area contributed by atoms with Crippen molar-refractivity contribution in [3.05, 3.63) is 77.8 Å². The van der Waals surface area contributed by atoms with Crippen molar-refractivity contribution in [2.75, 3.05) is 33.1 Å². The Morgan fingerprint density at radius 3 is 2.38 bits per heavy atom. The maximum atomic E-state index is 5.34. The van der Waals surface area contributed by atoms with E-state index in [1.165, 1.54) is 38.5 Å². The summed E-state index contributed by atoms with van der Waals surface area (Å²) in [5.41, 5.74) is 6.24. The molecule has 0 bridgehead atoms. The fraction of sp³-hybridized carbons (Fsp3) is 0.250. The molecule has 2 heterocycles.